The summed E-state index contributed by atoms with van der Waals surface area (Å²) in [6, 6.07) is 11.9. The molecular formula is C18H12ClN3O3S. The summed E-state index contributed by atoms with van der Waals surface area (Å²) in [5.41, 5.74) is 2.79. The van der Waals surface area contributed by atoms with Gasteiger partial charge in [0.15, 0.2) is 5.13 Å². The zero-order valence-corrected chi connectivity index (χ0v) is 14.9. The van der Waals surface area contributed by atoms with E-state index >= 15 is 0 Å². The molecule has 1 aliphatic carbocycles. The smallest absolute Gasteiger partial charge is 0.282 e. The second-order valence-corrected chi connectivity index (χ2v) is 7.34. The number of carbonyl (C=O) groups excluding carboxylic acids is 1. The van der Waals surface area contributed by atoms with Crippen LogP contribution in [0, 0.1) is 10.1 Å². The van der Waals surface area contributed by atoms with Gasteiger partial charge in [-0.1, -0.05) is 35.9 Å². The summed E-state index contributed by atoms with van der Waals surface area (Å²) in [4.78, 5) is 28.7. The maximum absolute atomic E-state index is 12.5. The number of halogens is 1. The topological polar surface area (TPSA) is 85.1 Å². The lowest BCUT2D eigenvalue weighted by Gasteiger charge is -2.13. The Bertz CT molecular complexity index is 1050. The fourth-order valence-corrected chi connectivity index (χ4v) is 4.16. The summed E-state index contributed by atoms with van der Waals surface area (Å²) in [6.45, 7) is 0. The third kappa shape index (κ3) is 2.95. The Hall–Kier alpha value is -2.77. The molecule has 0 bridgehead atoms. The molecule has 1 amide bonds. The van der Waals surface area contributed by atoms with Gasteiger partial charge in [-0.3, -0.25) is 20.2 Å². The van der Waals surface area contributed by atoms with Crippen molar-refractivity contribution in [3.63, 3.8) is 0 Å². The Kier molecular flexibility index (Phi) is 4.18. The summed E-state index contributed by atoms with van der Waals surface area (Å²) in [5.74, 6) is -0.599. The van der Waals surface area contributed by atoms with Crippen LogP contribution >= 0.6 is 22.9 Å². The maximum Gasteiger partial charge on any atom is 0.282 e. The summed E-state index contributed by atoms with van der Waals surface area (Å²) in [5, 5.41) is 14.5. The highest BCUT2D eigenvalue weighted by Crippen LogP contribution is 2.38. The summed E-state index contributed by atoms with van der Waals surface area (Å²) in [6.07, 6.45) is 1.79. The van der Waals surface area contributed by atoms with E-state index in [0.29, 0.717) is 5.13 Å². The molecular weight excluding hydrogens is 374 g/mol. The van der Waals surface area contributed by atoms with Gasteiger partial charge in [0.05, 0.1) is 10.6 Å². The van der Waals surface area contributed by atoms with Crippen molar-refractivity contribution in [2.24, 2.45) is 0 Å². The zero-order chi connectivity index (χ0) is 18.3. The first-order chi connectivity index (χ1) is 12.5. The number of nitro groups is 1. The average Bonchev–Trinajstić information content (AvgIpc) is 3.04. The highest BCUT2D eigenvalue weighted by atomic mass is 35.5. The third-order valence-corrected chi connectivity index (χ3v) is 5.48. The number of aromatic nitrogens is 1. The van der Waals surface area contributed by atoms with E-state index < -0.39 is 10.8 Å². The van der Waals surface area contributed by atoms with Crippen molar-refractivity contribution >= 4 is 39.7 Å². The lowest BCUT2D eigenvalue weighted by Crippen LogP contribution is -2.13. The number of hydrogen-bond donors (Lipinski definition) is 1. The molecule has 2 aromatic carbocycles. The fourth-order valence-electron chi connectivity index (χ4n) is 3.02. The lowest BCUT2D eigenvalue weighted by atomic mass is 9.94. The van der Waals surface area contributed by atoms with Crippen molar-refractivity contribution in [2.45, 2.75) is 12.8 Å². The standard InChI is InChI=1S/C18H12ClN3O3S/c19-11-6-7-14(22(24)25)13(9-11)17(23)21-18-20-16-12-4-2-1-3-10(12)5-8-15(16)26-18/h1-4,6-7,9H,5,8H2,(H,20,21,23). The fraction of sp³-hybridized carbons (Fsp3) is 0.111. The van der Waals surface area contributed by atoms with Crippen molar-refractivity contribution in [1.29, 1.82) is 0 Å². The van der Waals surface area contributed by atoms with Gasteiger partial charge in [0, 0.05) is 21.5 Å². The summed E-state index contributed by atoms with van der Waals surface area (Å²) < 4.78 is 0. The van der Waals surface area contributed by atoms with Gasteiger partial charge in [-0.2, -0.15) is 0 Å². The molecule has 3 aromatic rings. The van der Waals surface area contributed by atoms with Gasteiger partial charge in [0.2, 0.25) is 0 Å². The normalized spacial score (nSPS) is 12.2. The molecule has 1 aliphatic rings. The number of fused-ring (bicyclic) bond motifs is 3. The summed E-state index contributed by atoms with van der Waals surface area (Å²) >= 11 is 7.29. The molecule has 0 fully saturated rings. The number of hydrogen-bond acceptors (Lipinski definition) is 5. The quantitative estimate of drug-likeness (QED) is 0.522. The molecule has 0 saturated heterocycles. The zero-order valence-electron chi connectivity index (χ0n) is 13.4. The number of amides is 1. The maximum atomic E-state index is 12.5. The van der Waals surface area contributed by atoms with Crippen molar-refractivity contribution in [3.05, 3.63) is 73.6 Å². The van der Waals surface area contributed by atoms with Gasteiger partial charge in [-0.25, -0.2) is 4.98 Å². The second kappa shape index (κ2) is 6.51. The predicted octanol–water partition coefficient (Wildman–Crippen LogP) is 4.72. The van der Waals surface area contributed by atoms with Crippen LogP contribution in [0.15, 0.2) is 42.5 Å². The Morgan fingerprint density at radius 1 is 1.23 bits per heavy atom. The van der Waals surface area contributed by atoms with E-state index in [1.807, 2.05) is 18.2 Å². The highest BCUT2D eigenvalue weighted by molar-refractivity contribution is 7.16. The van der Waals surface area contributed by atoms with Gasteiger partial charge in [0.25, 0.3) is 11.6 Å². The van der Waals surface area contributed by atoms with Gasteiger partial charge >= 0.3 is 0 Å². The first kappa shape index (κ1) is 16.7. The van der Waals surface area contributed by atoms with Gasteiger partial charge in [-0.05, 0) is 30.5 Å². The number of rotatable bonds is 3. The SMILES string of the molecule is O=C(Nc1nc2c(s1)CCc1ccccc1-2)c1cc(Cl)ccc1[N+](=O)[O-]. The van der Waals surface area contributed by atoms with Gasteiger partial charge in [0.1, 0.15) is 5.56 Å². The minimum Gasteiger partial charge on any atom is -0.298 e. The van der Waals surface area contributed by atoms with E-state index in [2.05, 4.69) is 16.4 Å². The lowest BCUT2D eigenvalue weighted by molar-refractivity contribution is -0.385. The Balaban J connectivity index is 1.66. The van der Waals surface area contributed by atoms with E-state index in [1.54, 1.807) is 0 Å². The second-order valence-electron chi connectivity index (χ2n) is 5.82. The molecule has 1 N–H and O–H groups in total. The number of nitro benzene ring substituents is 1. The third-order valence-electron chi connectivity index (χ3n) is 4.21. The molecule has 1 heterocycles. The van der Waals surface area contributed by atoms with Crippen LogP contribution in [0.3, 0.4) is 0 Å². The molecule has 8 heteroatoms. The van der Waals surface area contributed by atoms with Crippen LogP contribution in [0.1, 0.15) is 20.8 Å². The minimum absolute atomic E-state index is 0.0870. The first-order valence-electron chi connectivity index (χ1n) is 7.86. The number of nitrogens with one attached hydrogen (secondary N) is 1. The van der Waals surface area contributed by atoms with Crippen LogP contribution < -0.4 is 5.32 Å². The van der Waals surface area contributed by atoms with Crippen molar-refractivity contribution in [3.8, 4) is 11.3 Å². The highest BCUT2D eigenvalue weighted by Gasteiger charge is 2.24. The number of aryl methyl sites for hydroxylation is 2. The van der Waals surface area contributed by atoms with Crippen LogP contribution in [0.4, 0.5) is 10.8 Å². The van der Waals surface area contributed by atoms with Crippen molar-refractivity contribution in [1.82, 2.24) is 4.98 Å². The number of carbonyl (C=O) groups is 1. The number of thiazole rings is 1. The average molecular weight is 386 g/mol. The molecule has 0 unspecified atom stereocenters. The van der Waals surface area contributed by atoms with Crippen LogP contribution in [0.2, 0.25) is 5.02 Å². The van der Waals surface area contributed by atoms with Gasteiger partial charge in [-0.15, -0.1) is 11.3 Å². The van der Waals surface area contributed by atoms with Crippen LogP contribution in [0.25, 0.3) is 11.3 Å². The number of benzene rings is 2. The summed E-state index contributed by atoms with van der Waals surface area (Å²) in [7, 11) is 0. The molecule has 0 aliphatic heterocycles. The Morgan fingerprint density at radius 2 is 2.04 bits per heavy atom. The van der Waals surface area contributed by atoms with Crippen molar-refractivity contribution < 1.29 is 9.72 Å². The van der Waals surface area contributed by atoms with E-state index in [0.717, 1.165) is 29.0 Å². The Labute approximate surface area is 157 Å². The first-order valence-corrected chi connectivity index (χ1v) is 9.05. The van der Waals surface area contributed by atoms with Crippen LogP contribution in [-0.2, 0) is 12.8 Å². The number of anilines is 1. The molecule has 0 saturated carbocycles. The Morgan fingerprint density at radius 3 is 2.85 bits per heavy atom. The van der Waals surface area contributed by atoms with Crippen LogP contribution in [-0.4, -0.2) is 15.8 Å². The minimum atomic E-state index is -0.603. The van der Waals surface area contributed by atoms with E-state index in [1.165, 1.54) is 35.1 Å². The predicted molar refractivity (Wildman–Crippen MR) is 101 cm³/mol. The molecule has 26 heavy (non-hydrogen) atoms. The monoisotopic (exact) mass is 385 g/mol. The van der Waals surface area contributed by atoms with E-state index in [4.69, 9.17) is 11.6 Å². The molecule has 0 atom stereocenters. The molecule has 6 nitrogen and oxygen atoms in total. The largest absolute Gasteiger partial charge is 0.298 e. The van der Waals surface area contributed by atoms with Crippen molar-refractivity contribution in [2.75, 3.05) is 5.32 Å². The molecule has 4 rings (SSSR count). The molecule has 0 spiro atoms. The van der Waals surface area contributed by atoms with E-state index in [9.17, 15) is 14.9 Å². The van der Waals surface area contributed by atoms with E-state index in [-0.39, 0.29) is 16.3 Å². The molecule has 0 radical (unpaired) electrons. The molecule has 1 aromatic heterocycles. The molecule has 130 valence electrons. The number of nitrogens with zero attached hydrogens (tertiary/aromatic N) is 2. The van der Waals surface area contributed by atoms with Gasteiger partial charge < -0.3 is 0 Å². The van der Waals surface area contributed by atoms with Crippen LogP contribution in [0.5, 0.6) is 0 Å².